The summed E-state index contributed by atoms with van der Waals surface area (Å²) < 4.78 is 4.87. The Morgan fingerprint density at radius 1 is 1.40 bits per heavy atom. The van der Waals surface area contributed by atoms with E-state index in [1.54, 1.807) is 13.0 Å². The number of para-hydroxylation sites is 2. The van der Waals surface area contributed by atoms with Crippen molar-refractivity contribution in [2.45, 2.75) is 12.5 Å². The first-order valence-electron chi connectivity index (χ1n) is 6.23. The number of rotatable bonds is 5. The number of ether oxygens (including phenoxy) is 1. The van der Waals surface area contributed by atoms with Crippen molar-refractivity contribution in [3.63, 3.8) is 0 Å². The van der Waals surface area contributed by atoms with Crippen LogP contribution in [-0.4, -0.2) is 46.8 Å². The minimum absolute atomic E-state index is 0.0776. The van der Waals surface area contributed by atoms with Crippen LogP contribution in [0.15, 0.2) is 30.5 Å². The van der Waals surface area contributed by atoms with E-state index in [0.717, 1.165) is 5.52 Å². The molecule has 20 heavy (non-hydrogen) atoms. The highest BCUT2D eigenvalue weighted by Crippen LogP contribution is 2.08. The molecule has 2 aromatic rings. The summed E-state index contributed by atoms with van der Waals surface area (Å²) in [6.45, 7) is 1.80. The molecule has 0 aliphatic heterocycles. The van der Waals surface area contributed by atoms with Crippen LogP contribution in [0, 0.1) is 0 Å². The number of aliphatic hydroxyl groups is 1. The molecule has 1 atom stereocenters. The largest absolute Gasteiger partial charge is 0.386 e. The van der Waals surface area contributed by atoms with Crippen LogP contribution in [0.1, 0.15) is 17.4 Å². The lowest BCUT2D eigenvalue weighted by Crippen LogP contribution is -2.43. The SMILES string of the molecule is COCC(C)(O)CNC(=O)c1cnc2ccccc2n1. The molecular formula is C14H17N3O3. The second kappa shape index (κ2) is 5.94. The van der Waals surface area contributed by atoms with Crippen molar-refractivity contribution in [3.8, 4) is 0 Å². The van der Waals surface area contributed by atoms with E-state index >= 15 is 0 Å². The number of nitrogens with one attached hydrogen (secondary N) is 1. The maximum absolute atomic E-state index is 12.0. The first-order chi connectivity index (χ1) is 9.52. The number of fused-ring (bicyclic) bond motifs is 1. The second-order valence-corrected chi connectivity index (χ2v) is 4.86. The number of nitrogens with zero attached hydrogens (tertiary/aromatic N) is 2. The molecule has 1 aromatic heterocycles. The zero-order valence-corrected chi connectivity index (χ0v) is 11.5. The van der Waals surface area contributed by atoms with Gasteiger partial charge in [0, 0.05) is 13.7 Å². The van der Waals surface area contributed by atoms with Crippen LogP contribution in [0.5, 0.6) is 0 Å². The summed E-state index contributed by atoms with van der Waals surface area (Å²) in [6.07, 6.45) is 1.42. The van der Waals surface area contributed by atoms with Gasteiger partial charge < -0.3 is 15.2 Å². The lowest BCUT2D eigenvalue weighted by atomic mass is 10.1. The minimum Gasteiger partial charge on any atom is -0.386 e. The van der Waals surface area contributed by atoms with E-state index in [-0.39, 0.29) is 24.8 Å². The van der Waals surface area contributed by atoms with E-state index < -0.39 is 5.60 Å². The second-order valence-electron chi connectivity index (χ2n) is 4.86. The monoisotopic (exact) mass is 275 g/mol. The van der Waals surface area contributed by atoms with Gasteiger partial charge in [-0.3, -0.25) is 9.78 Å². The third kappa shape index (κ3) is 3.49. The van der Waals surface area contributed by atoms with E-state index in [1.165, 1.54) is 13.3 Å². The summed E-state index contributed by atoms with van der Waals surface area (Å²) in [6, 6.07) is 7.31. The van der Waals surface area contributed by atoms with Gasteiger partial charge in [-0.2, -0.15) is 0 Å². The number of benzene rings is 1. The number of hydrogen-bond acceptors (Lipinski definition) is 5. The zero-order valence-electron chi connectivity index (χ0n) is 11.5. The van der Waals surface area contributed by atoms with Gasteiger partial charge >= 0.3 is 0 Å². The number of amides is 1. The van der Waals surface area contributed by atoms with Gasteiger partial charge in [0.15, 0.2) is 0 Å². The van der Waals surface area contributed by atoms with Crippen molar-refractivity contribution in [3.05, 3.63) is 36.2 Å². The van der Waals surface area contributed by atoms with E-state index in [4.69, 9.17) is 4.74 Å². The van der Waals surface area contributed by atoms with Gasteiger partial charge in [-0.15, -0.1) is 0 Å². The minimum atomic E-state index is -1.12. The lowest BCUT2D eigenvalue weighted by molar-refractivity contribution is -0.0147. The molecule has 0 radical (unpaired) electrons. The molecule has 2 N–H and O–H groups in total. The fraction of sp³-hybridized carbons (Fsp3) is 0.357. The van der Waals surface area contributed by atoms with Gasteiger partial charge in [0.1, 0.15) is 11.3 Å². The molecule has 106 valence electrons. The molecule has 1 unspecified atom stereocenters. The van der Waals surface area contributed by atoms with Crippen molar-refractivity contribution < 1.29 is 14.6 Å². The van der Waals surface area contributed by atoms with Gasteiger partial charge in [-0.25, -0.2) is 4.98 Å². The average Bonchev–Trinajstić information content (AvgIpc) is 2.44. The van der Waals surface area contributed by atoms with Crippen molar-refractivity contribution >= 4 is 16.9 Å². The predicted molar refractivity (Wildman–Crippen MR) is 74.4 cm³/mol. The Morgan fingerprint density at radius 3 is 2.80 bits per heavy atom. The summed E-state index contributed by atoms with van der Waals surface area (Å²) in [5.41, 5.74) is 0.491. The molecule has 0 saturated heterocycles. The third-order valence-electron chi connectivity index (χ3n) is 2.77. The quantitative estimate of drug-likeness (QED) is 0.841. The number of carbonyl (C=O) groups is 1. The van der Waals surface area contributed by atoms with E-state index in [0.29, 0.717) is 5.52 Å². The molecule has 0 bridgehead atoms. The molecule has 1 amide bonds. The van der Waals surface area contributed by atoms with Crippen molar-refractivity contribution in [2.75, 3.05) is 20.3 Å². The van der Waals surface area contributed by atoms with Crippen LogP contribution in [-0.2, 0) is 4.74 Å². The van der Waals surface area contributed by atoms with E-state index in [9.17, 15) is 9.90 Å². The zero-order chi connectivity index (χ0) is 14.6. The molecule has 6 nitrogen and oxygen atoms in total. The average molecular weight is 275 g/mol. The molecule has 0 saturated carbocycles. The maximum Gasteiger partial charge on any atom is 0.271 e. The first-order valence-corrected chi connectivity index (χ1v) is 6.23. The summed E-state index contributed by atoms with van der Waals surface area (Å²) in [7, 11) is 1.49. The number of aromatic nitrogens is 2. The molecule has 1 aromatic carbocycles. The van der Waals surface area contributed by atoms with Crippen LogP contribution >= 0.6 is 0 Å². The van der Waals surface area contributed by atoms with Crippen LogP contribution in [0.2, 0.25) is 0 Å². The number of methoxy groups -OCH3 is 1. The molecule has 0 aliphatic carbocycles. The standard InChI is InChI=1S/C14H17N3O3/c1-14(19,9-20-2)8-16-13(18)12-7-15-10-5-3-4-6-11(10)17-12/h3-7,19H,8-9H2,1-2H3,(H,16,18). The molecule has 6 heteroatoms. The van der Waals surface area contributed by atoms with E-state index in [1.807, 2.05) is 18.2 Å². The highest BCUT2D eigenvalue weighted by Gasteiger charge is 2.21. The van der Waals surface area contributed by atoms with Gasteiger partial charge in [0.2, 0.25) is 0 Å². The summed E-state index contributed by atoms with van der Waals surface area (Å²) >= 11 is 0. The Kier molecular flexibility index (Phi) is 4.26. The Balaban J connectivity index is 2.08. The van der Waals surface area contributed by atoms with E-state index in [2.05, 4.69) is 15.3 Å². The third-order valence-corrected chi connectivity index (χ3v) is 2.77. The predicted octanol–water partition coefficient (Wildman–Crippen LogP) is 0.757. The summed E-state index contributed by atoms with van der Waals surface area (Å²) in [5, 5.41) is 12.5. The number of carbonyl (C=O) groups excluding carboxylic acids is 1. The molecule has 0 aliphatic rings. The highest BCUT2D eigenvalue weighted by molar-refractivity contribution is 5.93. The topological polar surface area (TPSA) is 84.3 Å². The Hall–Kier alpha value is -2.05. The summed E-state index contributed by atoms with van der Waals surface area (Å²) in [4.78, 5) is 20.4. The van der Waals surface area contributed by atoms with Crippen LogP contribution in [0.25, 0.3) is 11.0 Å². The fourth-order valence-electron chi connectivity index (χ4n) is 1.79. The Bertz CT molecular complexity index is 613. The Morgan fingerprint density at radius 2 is 2.10 bits per heavy atom. The normalized spacial score (nSPS) is 13.9. The fourth-order valence-corrected chi connectivity index (χ4v) is 1.79. The number of hydrogen-bond donors (Lipinski definition) is 2. The first kappa shape index (κ1) is 14.4. The van der Waals surface area contributed by atoms with Gasteiger partial charge in [-0.1, -0.05) is 12.1 Å². The maximum atomic E-state index is 12.0. The smallest absolute Gasteiger partial charge is 0.271 e. The molecule has 0 fully saturated rings. The van der Waals surface area contributed by atoms with Crippen molar-refractivity contribution in [1.82, 2.24) is 15.3 Å². The molecule has 1 heterocycles. The molecular weight excluding hydrogens is 258 g/mol. The van der Waals surface area contributed by atoms with Crippen molar-refractivity contribution in [1.29, 1.82) is 0 Å². The van der Waals surface area contributed by atoms with Gasteiger partial charge in [0.25, 0.3) is 5.91 Å². The van der Waals surface area contributed by atoms with Crippen LogP contribution in [0.3, 0.4) is 0 Å². The van der Waals surface area contributed by atoms with Crippen molar-refractivity contribution in [2.24, 2.45) is 0 Å². The summed E-state index contributed by atoms with van der Waals surface area (Å²) in [5.74, 6) is -0.375. The van der Waals surface area contributed by atoms with Gasteiger partial charge in [0.05, 0.1) is 23.8 Å². The van der Waals surface area contributed by atoms with Gasteiger partial charge in [-0.05, 0) is 19.1 Å². The molecule has 2 rings (SSSR count). The van der Waals surface area contributed by atoms with Crippen LogP contribution in [0.4, 0.5) is 0 Å². The lowest BCUT2D eigenvalue weighted by Gasteiger charge is -2.22. The highest BCUT2D eigenvalue weighted by atomic mass is 16.5. The molecule has 0 spiro atoms. The van der Waals surface area contributed by atoms with Crippen LogP contribution < -0.4 is 5.32 Å². The Labute approximate surface area is 116 Å².